The molecule has 0 atom stereocenters. The van der Waals surface area contributed by atoms with Gasteiger partial charge in [-0.1, -0.05) is 31.4 Å². The van der Waals surface area contributed by atoms with E-state index in [9.17, 15) is 23.1 Å². The molecule has 1 aliphatic rings. The SMILES string of the molecule is CN(C1CCCCC1)S(=O)(=O)c1cccc(C(=O)NCCCNC(=O)c2cccc(O)c2)c1. The van der Waals surface area contributed by atoms with Gasteiger partial charge in [-0.25, -0.2) is 8.42 Å². The van der Waals surface area contributed by atoms with E-state index in [1.54, 1.807) is 31.3 Å². The lowest BCUT2D eigenvalue weighted by Gasteiger charge is -2.30. The van der Waals surface area contributed by atoms with Crippen LogP contribution in [0.15, 0.2) is 53.4 Å². The number of amides is 2. The number of hydrogen-bond acceptors (Lipinski definition) is 5. The highest BCUT2D eigenvalue weighted by Crippen LogP contribution is 2.26. The first kappa shape index (κ1) is 24.7. The van der Waals surface area contributed by atoms with Gasteiger partial charge in [0.2, 0.25) is 10.0 Å². The molecule has 0 unspecified atom stereocenters. The van der Waals surface area contributed by atoms with Crippen LogP contribution < -0.4 is 10.6 Å². The van der Waals surface area contributed by atoms with Gasteiger partial charge in [-0.05, 0) is 55.7 Å². The highest BCUT2D eigenvalue weighted by molar-refractivity contribution is 7.89. The van der Waals surface area contributed by atoms with Gasteiger partial charge in [0.1, 0.15) is 5.75 Å². The molecule has 0 saturated heterocycles. The van der Waals surface area contributed by atoms with Crippen molar-refractivity contribution in [1.82, 2.24) is 14.9 Å². The number of phenolic OH excluding ortho intramolecular Hbond substituents is 1. The number of nitrogens with zero attached hydrogens (tertiary/aromatic N) is 1. The van der Waals surface area contributed by atoms with Crippen molar-refractivity contribution < 1.29 is 23.1 Å². The third kappa shape index (κ3) is 6.55. The molecule has 3 N–H and O–H groups in total. The smallest absolute Gasteiger partial charge is 0.251 e. The summed E-state index contributed by atoms with van der Waals surface area (Å²) in [6.07, 6.45) is 5.41. The Morgan fingerprint density at radius 3 is 2.12 bits per heavy atom. The molecule has 3 rings (SSSR count). The van der Waals surface area contributed by atoms with Gasteiger partial charge in [-0.15, -0.1) is 0 Å². The van der Waals surface area contributed by atoms with Crippen molar-refractivity contribution >= 4 is 21.8 Å². The molecule has 0 heterocycles. The fourth-order valence-corrected chi connectivity index (χ4v) is 5.41. The van der Waals surface area contributed by atoms with Crippen LogP contribution in [0.2, 0.25) is 0 Å². The first-order valence-electron chi connectivity index (χ1n) is 11.2. The van der Waals surface area contributed by atoms with Crippen LogP contribution in [0.25, 0.3) is 0 Å². The maximum Gasteiger partial charge on any atom is 0.251 e. The predicted octanol–water partition coefficient (Wildman–Crippen LogP) is 2.90. The maximum atomic E-state index is 13.0. The number of nitrogens with one attached hydrogen (secondary N) is 2. The summed E-state index contributed by atoms with van der Waals surface area (Å²) < 4.78 is 27.5. The Hall–Kier alpha value is -2.91. The van der Waals surface area contributed by atoms with Gasteiger partial charge in [0.05, 0.1) is 4.90 Å². The zero-order valence-electron chi connectivity index (χ0n) is 18.8. The molecule has 1 saturated carbocycles. The van der Waals surface area contributed by atoms with Gasteiger partial charge in [-0.3, -0.25) is 9.59 Å². The minimum Gasteiger partial charge on any atom is -0.508 e. The zero-order chi connectivity index (χ0) is 23.8. The summed E-state index contributed by atoms with van der Waals surface area (Å²) in [7, 11) is -2.06. The molecular weight excluding hydrogens is 442 g/mol. The lowest BCUT2D eigenvalue weighted by atomic mass is 9.96. The van der Waals surface area contributed by atoms with E-state index in [4.69, 9.17) is 0 Å². The second kappa shape index (κ2) is 11.3. The topological polar surface area (TPSA) is 116 Å². The van der Waals surface area contributed by atoms with Crippen molar-refractivity contribution in [3.8, 4) is 5.75 Å². The summed E-state index contributed by atoms with van der Waals surface area (Å²) in [5.41, 5.74) is 0.632. The van der Waals surface area contributed by atoms with Gasteiger partial charge >= 0.3 is 0 Å². The van der Waals surface area contributed by atoms with Crippen molar-refractivity contribution in [1.29, 1.82) is 0 Å². The average Bonchev–Trinajstić information content (AvgIpc) is 2.83. The Bertz CT molecular complexity index is 1080. The van der Waals surface area contributed by atoms with E-state index in [0.717, 1.165) is 32.1 Å². The molecule has 2 aromatic rings. The van der Waals surface area contributed by atoms with Crippen LogP contribution in [0.1, 0.15) is 59.2 Å². The molecular formula is C24H31N3O5S. The quantitative estimate of drug-likeness (QED) is 0.485. The summed E-state index contributed by atoms with van der Waals surface area (Å²) in [5.74, 6) is -0.659. The number of hydrogen-bond donors (Lipinski definition) is 3. The molecule has 33 heavy (non-hydrogen) atoms. The van der Waals surface area contributed by atoms with Crippen molar-refractivity contribution in [2.45, 2.75) is 49.5 Å². The van der Waals surface area contributed by atoms with Crippen molar-refractivity contribution in [3.05, 3.63) is 59.7 Å². The normalized spacial score (nSPS) is 14.7. The van der Waals surface area contributed by atoms with E-state index in [1.165, 1.54) is 28.6 Å². The van der Waals surface area contributed by atoms with E-state index in [-0.39, 0.29) is 34.1 Å². The predicted molar refractivity (Wildman–Crippen MR) is 126 cm³/mol. The summed E-state index contributed by atoms with van der Waals surface area (Å²) in [6, 6.07) is 12.1. The first-order chi connectivity index (χ1) is 15.8. The molecule has 178 valence electrons. The maximum absolute atomic E-state index is 13.0. The lowest BCUT2D eigenvalue weighted by molar-refractivity contribution is 0.0951. The molecule has 1 aliphatic carbocycles. The number of rotatable bonds is 9. The number of phenols is 1. The highest BCUT2D eigenvalue weighted by atomic mass is 32.2. The standard InChI is InChI=1S/C24H31N3O5S/c1-27(20-10-3-2-4-11-20)33(31,32)22-13-6-9-19(17-22)24(30)26-15-7-14-25-23(29)18-8-5-12-21(28)16-18/h5-6,8-9,12-13,16-17,20,28H,2-4,7,10-11,14-15H2,1H3,(H,25,29)(H,26,30). The molecule has 2 aromatic carbocycles. The van der Waals surface area contributed by atoms with E-state index in [1.807, 2.05) is 0 Å². The Kier molecular flexibility index (Phi) is 8.46. The van der Waals surface area contributed by atoms with Crippen molar-refractivity contribution in [3.63, 3.8) is 0 Å². The summed E-state index contributed by atoms with van der Waals surface area (Å²) >= 11 is 0. The van der Waals surface area contributed by atoms with Gasteiger partial charge in [0, 0.05) is 37.3 Å². The minimum atomic E-state index is -3.67. The molecule has 2 amide bonds. The number of benzene rings is 2. The zero-order valence-corrected chi connectivity index (χ0v) is 19.6. The Balaban J connectivity index is 1.50. The average molecular weight is 474 g/mol. The van der Waals surface area contributed by atoms with Crippen LogP contribution in [0, 0.1) is 0 Å². The van der Waals surface area contributed by atoms with Crippen LogP contribution in [0.5, 0.6) is 5.75 Å². The van der Waals surface area contributed by atoms with Crippen LogP contribution in [0.4, 0.5) is 0 Å². The molecule has 0 spiro atoms. The Morgan fingerprint density at radius 2 is 1.52 bits per heavy atom. The lowest BCUT2D eigenvalue weighted by Crippen LogP contribution is -2.38. The van der Waals surface area contributed by atoms with Crippen LogP contribution in [-0.4, -0.2) is 55.8 Å². The van der Waals surface area contributed by atoms with Gasteiger partial charge < -0.3 is 15.7 Å². The van der Waals surface area contributed by atoms with E-state index >= 15 is 0 Å². The van der Waals surface area contributed by atoms with Crippen molar-refractivity contribution in [2.75, 3.05) is 20.1 Å². The number of sulfonamides is 1. The van der Waals surface area contributed by atoms with Gasteiger partial charge in [0.15, 0.2) is 0 Å². The van der Waals surface area contributed by atoms with Crippen LogP contribution in [-0.2, 0) is 10.0 Å². The summed E-state index contributed by atoms with van der Waals surface area (Å²) in [6.45, 7) is 0.660. The molecule has 0 radical (unpaired) electrons. The largest absolute Gasteiger partial charge is 0.508 e. The monoisotopic (exact) mass is 473 g/mol. The third-order valence-corrected chi connectivity index (χ3v) is 7.80. The van der Waals surface area contributed by atoms with E-state index in [0.29, 0.717) is 25.1 Å². The molecule has 8 nitrogen and oxygen atoms in total. The molecule has 1 fully saturated rings. The number of carbonyl (C=O) groups excluding carboxylic acids is 2. The highest BCUT2D eigenvalue weighted by Gasteiger charge is 2.29. The summed E-state index contributed by atoms with van der Waals surface area (Å²) in [4.78, 5) is 24.7. The summed E-state index contributed by atoms with van der Waals surface area (Å²) in [5, 5.41) is 14.9. The fourth-order valence-electron chi connectivity index (χ4n) is 3.95. The Morgan fingerprint density at radius 1 is 0.939 bits per heavy atom. The Labute approximate surface area is 195 Å². The van der Waals surface area contributed by atoms with Gasteiger partial charge in [0.25, 0.3) is 11.8 Å². The number of carbonyl (C=O) groups is 2. The van der Waals surface area contributed by atoms with Crippen molar-refractivity contribution in [2.24, 2.45) is 0 Å². The second-order valence-electron chi connectivity index (χ2n) is 8.26. The first-order valence-corrected chi connectivity index (χ1v) is 12.7. The third-order valence-electron chi connectivity index (χ3n) is 5.90. The molecule has 9 heteroatoms. The van der Waals surface area contributed by atoms with E-state index < -0.39 is 10.0 Å². The van der Waals surface area contributed by atoms with E-state index in [2.05, 4.69) is 10.6 Å². The molecule has 0 aliphatic heterocycles. The fraction of sp³-hybridized carbons (Fsp3) is 0.417. The van der Waals surface area contributed by atoms with Gasteiger partial charge in [-0.2, -0.15) is 4.31 Å². The minimum absolute atomic E-state index is 0.00343. The number of aromatic hydroxyl groups is 1. The molecule has 0 bridgehead atoms. The second-order valence-corrected chi connectivity index (χ2v) is 10.3. The van der Waals surface area contributed by atoms with Crippen LogP contribution in [0.3, 0.4) is 0 Å². The van der Waals surface area contributed by atoms with Crippen LogP contribution >= 0.6 is 0 Å². The molecule has 0 aromatic heterocycles.